The van der Waals surface area contributed by atoms with E-state index in [2.05, 4.69) is 53.8 Å². The third-order valence-corrected chi connectivity index (χ3v) is 5.07. The Morgan fingerprint density at radius 2 is 1.71 bits per heavy atom. The summed E-state index contributed by atoms with van der Waals surface area (Å²) in [5.74, 6) is 1.55. The zero-order chi connectivity index (χ0) is 16.1. The summed E-state index contributed by atoms with van der Waals surface area (Å²) in [4.78, 5) is 0. The van der Waals surface area contributed by atoms with Gasteiger partial charge in [-0.25, -0.2) is 0 Å². The van der Waals surface area contributed by atoms with Gasteiger partial charge in [-0.05, 0) is 62.8 Å². The molecule has 1 aliphatic carbocycles. The normalized spacial score (nSPS) is 28.9. The minimum Gasteiger partial charge on any atom is -0.371 e. The number of hydrogen-bond acceptors (Lipinski definition) is 2. The van der Waals surface area contributed by atoms with E-state index >= 15 is 0 Å². The first kappa shape index (κ1) is 19.0. The maximum Gasteiger partial charge on any atom is 0.0810 e. The molecule has 0 saturated heterocycles. The number of hydrogen-bond donors (Lipinski definition) is 1. The number of nitrogens with one attached hydrogen (secondary N) is 1. The molecule has 0 aromatic rings. The van der Waals surface area contributed by atoms with E-state index in [4.69, 9.17) is 4.74 Å². The van der Waals surface area contributed by atoms with Crippen molar-refractivity contribution >= 4 is 0 Å². The Labute approximate surface area is 133 Å². The monoisotopic (exact) mass is 297 g/mol. The predicted molar refractivity (Wildman–Crippen MR) is 92.7 cm³/mol. The Balaban J connectivity index is 2.64. The fourth-order valence-electron chi connectivity index (χ4n) is 3.84. The van der Waals surface area contributed by atoms with Gasteiger partial charge in [0.05, 0.1) is 11.7 Å². The van der Waals surface area contributed by atoms with Gasteiger partial charge < -0.3 is 10.1 Å². The molecule has 21 heavy (non-hydrogen) atoms. The summed E-state index contributed by atoms with van der Waals surface area (Å²) in [5, 5.41) is 3.55. The lowest BCUT2D eigenvalue weighted by atomic mass is 9.68. The highest BCUT2D eigenvalue weighted by Gasteiger charge is 2.40. The van der Waals surface area contributed by atoms with Gasteiger partial charge in [0.15, 0.2) is 0 Å². The minimum atomic E-state index is 0.0755. The molecule has 0 aliphatic heterocycles. The highest BCUT2D eigenvalue weighted by molar-refractivity contribution is 4.92. The first-order chi connectivity index (χ1) is 9.68. The smallest absolute Gasteiger partial charge is 0.0810 e. The minimum absolute atomic E-state index is 0.0755. The molecule has 0 bridgehead atoms. The standard InChI is InChI=1S/C19H39NO/c1-8-20-14-19(21-16(4)13-15(2)3)11-9-17(10-12-19)18(5,6)7/h15-17,20H,8-14H2,1-7H3. The van der Waals surface area contributed by atoms with Crippen LogP contribution in [0, 0.1) is 17.3 Å². The predicted octanol–water partition coefficient (Wildman–Crippen LogP) is 5.02. The molecule has 126 valence electrons. The highest BCUT2D eigenvalue weighted by Crippen LogP contribution is 2.43. The maximum atomic E-state index is 6.59. The Hall–Kier alpha value is -0.0800. The number of rotatable bonds is 7. The van der Waals surface area contributed by atoms with Crippen molar-refractivity contribution in [1.29, 1.82) is 0 Å². The van der Waals surface area contributed by atoms with Gasteiger partial charge in [-0.1, -0.05) is 41.5 Å². The summed E-state index contributed by atoms with van der Waals surface area (Å²) in [5.41, 5.74) is 0.514. The van der Waals surface area contributed by atoms with Crippen LogP contribution in [0.3, 0.4) is 0 Å². The van der Waals surface area contributed by atoms with Crippen LogP contribution < -0.4 is 5.32 Å². The molecule has 1 aliphatic rings. The van der Waals surface area contributed by atoms with Crippen molar-refractivity contribution in [2.24, 2.45) is 17.3 Å². The largest absolute Gasteiger partial charge is 0.371 e. The lowest BCUT2D eigenvalue weighted by Crippen LogP contribution is -2.48. The van der Waals surface area contributed by atoms with Crippen LogP contribution in [0.5, 0.6) is 0 Å². The van der Waals surface area contributed by atoms with E-state index in [1.165, 1.54) is 25.7 Å². The average Bonchev–Trinajstić information content (AvgIpc) is 2.34. The second-order valence-electron chi connectivity index (χ2n) is 8.66. The van der Waals surface area contributed by atoms with E-state index in [1.54, 1.807) is 0 Å². The first-order valence-corrected chi connectivity index (χ1v) is 9.07. The number of ether oxygens (including phenoxy) is 1. The third-order valence-electron chi connectivity index (χ3n) is 5.07. The molecule has 2 heteroatoms. The molecule has 0 spiro atoms. The molecular weight excluding hydrogens is 258 g/mol. The van der Waals surface area contributed by atoms with E-state index < -0.39 is 0 Å². The highest BCUT2D eigenvalue weighted by atomic mass is 16.5. The molecule has 0 heterocycles. The molecule has 1 rings (SSSR count). The molecule has 1 fully saturated rings. The molecule has 0 aromatic carbocycles. The quantitative estimate of drug-likeness (QED) is 0.712. The van der Waals surface area contributed by atoms with Crippen LogP contribution in [0.25, 0.3) is 0 Å². The Kier molecular flexibility index (Phi) is 7.19. The molecule has 1 N–H and O–H groups in total. The van der Waals surface area contributed by atoms with Gasteiger partial charge in [0.1, 0.15) is 0 Å². The molecule has 2 nitrogen and oxygen atoms in total. The van der Waals surface area contributed by atoms with Crippen molar-refractivity contribution < 1.29 is 4.74 Å². The van der Waals surface area contributed by atoms with Crippen LogP contribution >= 0.6 is 0 Å². The van der Waals surface area contributed by atoms with Gasteiger partial charge in [-0.3, -0.25) is 0 Å². The lowest BCUT2D eigenvalue weighted by molar-refractivity contribution is -0.122. The van der Waals surface area contributed by atoms with Crippen LogP contribution in [0.15, 0.2) is 0 Å². The summed E-state index contributed by atoms with van der Waals surface area (Å²) in [6.45, 7) is 18.2. The van der Waals surface area contributed by atoms with Crippen molar-refractivity contribution in [3.63, 3.8) is 0 Å². The summed E-state index contributed by atoms with van der Waals surface area (Å²) in [6, 6.07) is 0. The molecule has 1 unspecified atom stereocenters. The molecule has 0 radical (unpaired) electrons. The number of likely N-dealkylation sites (N-methyl/N-ethyl adjacent to an activating group) is 1. The van der Waals surface area contributed by atoms with Gasteiger partial charge >= 0.3 is 0 Å². The summed E-state index contributed by atoms with van der Waals surface area (Å²) in [7, 11) is 0. The van der Waals surface area contributed by atoms with Crippen molar-refractivity contribution in [2.45, 2.75) is 92.3 Å². The fraction of sp³-hybridized carbons (Fsp3) is 1.00. The Morgan fingerprint density at radius 3 is 2.14 bits per heavy atom. The van der Waals surface area contributed by atoms with Crippen molar-refractivity contribution in [3.05, 3.63) is 0 Å². The third kappa shape index (κ3) is 6.28. The fourth-order valence-corrected chi connectivity index (χ4v) is 3.84. The van der Waals surface area contributed by atoms with Gasteiger partial charge in [0.2, 0.25) is 0 Å². The molecular formula is C19H39NO. The second kappa shape index (κ2) is 7.97. The van der Waals surface area contributed by atoms with Crippen LogP contribution in [-0.2, 0) is 4.74 Å². The summed E-state index contributed by atoms with van der Waals surface area (Å²) < 4.78 is 6.59. The topological polar surface area (TPSA) is 21.3 Å². The van der Waals surface area contributed by atoms with Crippen molar-refractivity contribution in [2.75, 3.05) is 13.1 Å². The molecule has 0 amide bonds. The first-order valence-electron chi connectivity index (χ1n) is 9.07. The van der Waals surface area contributed by atoms with Crippen LogP contribution in [0.1, 0.15) is 80.6 Å². The van der Waals surface area contributed by atoms with Crippen molar-refractivity contribution in [3.8, 4) is 0 Å². The molecule has 1 saturated carbocycles. The molecule has 1 atom stereocenters. The Morgan fingerprint density at radius 1 is 1.14 bits per heavy atom. The van der Waals surface area contributed by atoms with E-state index in [0.29, 0.717) is 17.4 Å². The zero-order valence-corrected chi connectivity index (χ0v) is 15.6. The van der Waals surface area contributed by atoms with Crippen molar-refractivity contribution in [1.82, 2.24) is 5.32 Å². The summed E-state index contributed by atoms with van der Waals surface area (Å²) >= 11 is 0. The lowest BCUT2D eigenvalue weighted by Gasteiger charge is -2.45. The Bertz CT molecular complexity index is 284. The van der Waals surface area contributed by atoms with E-state index in [9.17, 15) is 0 Å². The van der Waals surface area contributed by atoms with Crippen LogP contribution in [0.4, 0.5) is 0 Å². The zero-order valence-electron chi connectivity index (χ0n) is 15.6. The van der Waals surface area contributed by atoms with E-state index in [-0.39, 0.29) is 5.60 Å². The van der Waals surface area contributed by atoms with Gasteiger partial charge in [-0.2, -0.15) is 0 Å². The van der Waals surface area contributed by atoms with E-state index in [0.717, 1.165) is 25.4 Å². The van der Waals surface area contributed by atoms with E-state index in [1.807, 2.05) is 0 Å². The maximum absolute atomic E-state index is 6.59. The van der Waals surface area contributed by atoms with Crippen LogP contribution in [0.2, 0.25) is 0 Å². The van der Waals surface area contributed by atoms with Gasteiger partial charge in [0.25, 0.3) is 0 Å². The van der Waals surface area contributed by atoms with Crippen LogP contribution in [-0.4, -0.2) is 24.8 Å². The molecule has 0 aromatic heterocycles. The SMILES string of the molecule is CCNCC1(OC(C)CC(C)C)CCC(C(C)(C)C)CC1. The second-order valence-corrected chi connectivity index (χ2v) is 8.66. The summed E-state index contributed by atoms with van der Waals surface area (Å²) in [6.07, 6.45) is 6.58. The van der Waals surface area contributed by atoms with Gasteiger partial charge in [0, 0.05) is 6.54 Å². The van der Waals surface area contributed by atoms with Gasteiger partial charge in [-0.15, -0.1) is 0 Å². The average molecular weight is 298 g/mol.